The number of nitrogens with zero attached hydrogens (tertiary/aromatic N) is 1. The second-order valence-electron chi connectivity index (χ2n) is 7.27. The Bertz CT molecular complexity index is 382. The second kappa shape index (κ2) is 5.74. The summed E-state index contributed by atoms with van der Waals surface area (Å²) in [4.78, 5) is 26.3. The van der Waals surface area contributed by atoms with Crippen molar-refractivity contribution in [1.29, 1.82) is 0 Å². The fourth-order valence-corrected chi connectivity index (χ4v) is 2.94. The lowest BCUT2D eigenvalue weighted by molar-refractivity contribution is -0.121. The zero-order chi connectivity index (χ0) is 14.9. The van der Waals surface area contributed by atoms with Gasteiger partial charge in [0.2, 0.25) is 0 Å². The fraction of sp³-hybridized carbons (Fsp3) is 0.875. The van der Waals surface area contributed by atoms with Crippen molar-refractivity contribution >= 4 is 11.9 Å². The molecule has 20 heavy (non-hydrogen) atoms. The smallest absolute Gasteiger partial charge is 0.410 e. The number of carbonyl (C=O) groups excluding carboxylic acids is 2. The molecular weight excluding hydrogens is 254 g/mol. The highest BCUT2D eigenvalue weighted by molar-refractivity contribution is 5.84. The summed E-state index contributed by atoms with van der Waals surface area (Å²) in [6.45, 7) is 7.69. The molecule has 2 atom stereocenters. The molecule has 0 spiro atoms. The second-order valence-corrected chi connectivity index (χ2v) is 7.27. The van der Waals surface area contributed by atoms with Crippen molar-refractivity contribution in [2.45, 2.75) is 83.9 Å². The van der Waals surface area contributed by atoms with E-state index in [-0.39, 0.29) is 24.1 Å². The van der Waals surface area contributed by atoms with Crippen molar-refractivity contribution < 1.29 is 14.3 Å². The van der Waals surface area contributed by atoms with Gasteiger partial charge in [-0.2, -0.15) is 0 Å². The van der Waals surface area contributed by atoms with E-state index in [9.17, 15) is 9.59 Å². The number of ether oxygens (including phenoxy) is 1. The molecule has 1 saturated carbocycles. The summed E-state index contributed by atoms with van der Waals surface area (Å²) in [5.74, 6) is 0.602. The molecule has 0 bridgehead atoms. The van der Waals surface area contributed by atoms with Crippen molar-refractivity contribution in [3.05, 3.63) is 0 Å². The Kier molecular flexibility index (Phi) is 4.40. The van der Waals surface area contributed by atoms with Gasteiger partial charge in [-0.25, -0.2) is 4.79 Å². The molecule has 0 aromatic rings. The van der Waals surface area contributed by atoms with E-state index in [0.29, 0.717) is 12.2 Å². The molecule has 0 radical (unpaired) electrons. The van der Waals surface area contributed by atoms with E-state index in [0.717, 1.165) is 32.1 Å². The van der Waals surface area contributed by atoms with Crippen LogP contribution in [-0.4, -0.2) is 34.5 Å². The van der Waals surface area contributed by atoms with Crippen LogP contribution < -0.4 is 0 Å². The van der Waals surface area contributed by atoms with Crippen molar-refractivity contribution in [2.75, 3.05) is 0 Å². The first kappa shape index (κ1) is 15.3. The molecule has 1 aliphatic heterocycles. The van der Waals surface area contributed by atoms with Gasteiger partial charge in [-0.15, -0.1) is 0 Å². The van der Waals surface area contributed by atoms with Gasteiger partial charge in [0.15, 0.2) is 0 Å². The zero-order valence-electron chi connectivity index (χ0n) is 13.1. The molecule has 2 rings (SSSR count). The standard InChI is InChI=1S/C16H27NO3/c1-11-6-5-7-13(10-14(18)12-8-9-12)17(11)15(19)20-16(2,3)4/h11-13H,5-10H2,1-4H3. The number of piperidine rings is 1. The van der Waals surface area contributed by atoms with Gasteiger partial charge >= 0.3 is 6.09 Å². The molecule has 0 aromatic heterocycles. The predicted octanol–water partition coefficient (Wildman–Crippen LogP) is 3.53. The number of hydrogen-bond donors (Lipinski definition) is 0. The largest absolute Gasteiger partial charge is 0.444 e. The molecule has 1 heterocycles. The highest BCUT2D eigenvalue weighted by Gasteiger charge is 2.38. The maximum Gasteiger partial charge on any atom is 0.410 e. The van der Waals surface area contributed by atoms with Crippen LogP contribution in [0.25, 0.3) is 0 Å². The third-order valence-electron chi connectivity index (χ3n) is 4.10. The lowest BCUT2D eigenvalue weighted by Crippen LogP contribution is -2.51. The van der Waals surface area contributed by atoms with Crippen molar-refractivity contribution in [2.24, 2.45) is 5.92 Å². The minimum Gasteiger partial charge on any atom is -0.444 e. The van der Waals surface area contributed by atoms with Crippen molar-refractivity contribution in [1.82, 2.24) is 4.90 Å². The summed E-state index contributed by atoms with van der Waals surface area (Å²) in [5, 5.41) is 0. The van der Waals surface area contributed by atoms with Crippen LogP contribution in [0.3, 0.4) is 0 Å². The van der Waals surface area contributed by atoms with Crippen LogP contribution in [0.1, 0.15) is 66.2 Å². The predicted molar refractivity (Wildman–Crippen MR) is 77.5 cm³/mol. The maximum atomic E-state index is 12.4. The first-order valence-electron chi connectivity index (χ1n) is 7.82. The third kappa shape index (κ3) is 3.97. The average molecular weight is 281 g/mol. The van der Waals surface area contributed by atoms with Gasteiger partial charge in [0, 0.05) is 24.4 Å². The van der Waals surface area contributed by atoms with Crippen LogP contribution in [0.5, 0.6) is 0 Å². The number of hydrogen-bond acceptors (Lipinski definition) is 3. The highest BCUT2D eigenvalue weighted by Crippen LogP contribution is 2.34. The summed E-state index contributed by atoms with van der Waals surface area (Å²) < 4.78 is 5.51. The van der Waals surface area contributed by atoms with E-state index in [2.05, 4.69) is 6.92 Å². The Morgan fingerprint density at radius 2 is 1.80 bits per heavy atom. The summed E-state index contributed by atoms with van der Waals surface area (Å²) in [6, 6.07) is 0.192. The van der Waals surface area contributed by atoms with Gasteiger partial charge in [-0.3, -0.25) is 4.79 Å². The molecule has 1 saturated heterocycles. The number of rotatable bonds is 3. The van der Waals surface area contributed by atoms with E-state index in [4.69, 9.17) is 4.74 Å². The molecule has 1 aliphatic carbocycles. The van der Waals surface area contributed by atoms with Crippen LogP contribution in [0.2, 0.25) is 0 Å². The Labute approximate surface area is 121 Å². The molecule has 0 N–H and O–H groups in total. The molecule has 1 amide bonds. The van der Waals surface area contributed by atoms with Gasteiger partial charge in [0.05, 0.1) is 0 Å². The Balaban J connectivity index is 2.03. The summed E-state index contributed by atoms with van der Waals surface area (Å²) in [5.41, 5.74) is -0.487. The molecule has 2 unspecified atom stereocenters. The minimum atomic E-state index is -0.487. The van der Waals surface area contributed by atoms with E-state index in [1.165, 1.54) is 0 Å². The van der Waals surface area contributed by atoms with Gasteiger partial charge in [0.1, 0.15) is 11.4 Å². The van der Waals surface area contributed by atoms with Gasteiger partial charge in [-0.05, 0) is 59.8 Å². The molecule has 4 nitrogen and oxygen atoms in total. The van der Waals surface area contributed by atoms with Crippen LogP contribution >= 0.6 is 0 Å². The lowest BCUT2D eigenvalue weighted by atomic mass is 9.92. The summed E-state index contributed by atoms with van der Waals surface area (Å²) in [7, 11) is 0. The van der Waals surface area contributed by atoms with Gasteiger partial charge in [0.25, 0.3) is 0 Å². The van der Waals surface area contributed by atoms with E-state index < -0.39 is 5.60 Å². The van der Waals surface area contributed by atoms with Crippen LogP contribution in [0.4, 0.5) is 4.79 Å². The topological polar surface area (TPSA) is 46.6 Å². The number of Topliss-reactive ketones (excluding diaryl/α,β-unsaturated/α-hetero) is 1. The fourth-order valence-electron chi connectivity index (χ4n) is 2.94. The van der Waals surface area contributed by atoms with Crippen LogP contribution in [0.15, 0.2) is 0 Å². The number of likely N-dealkylation sites (tertiary alicyclic amines) is 1. The minimum absolute atomic E-state index is 0.0294. The SMILES string of the molecule is CC1CCCC(CC(=O)C2CC2)N1C(=O)OC(C)(C)C. The Morgan fingerprint density at radius 1 is 1.15 bits per heavy atom. The van der Waals surface area contributed by atoms with Crippen LogP contribution in [0, 0.1) is 5.92 Å². The average Bonchev–Trinajstić information content (AvgIpc) is 3.09. The molecular formula is C16H27NO3. The molecule has 4 heteroatoms. The molecule has 2 fully saturated rings. The van der Waals surface area contributed by atoms with Gasteiger partial charge in [-0.1, -0.05) is 0 Å². The summed E-state index contributed by atoms with van der Waals surface area (Å²) >= 11 is 0. The Hall–Kier alpha value is -1.06. The molecule has 0 aromatic carbocycles. The Morgan fingerprint density at radius 3 is 2.35 bits per heavy atom. The first-order chi connectivity index (χ1) is 9.28. The first-order valence-corrected chi connectivity index (χ1v) is 7.82. The highest BCUT2D eigenvalue weighted by atomic mass is 16.6. The van der Waals surface area contributed by atoms with Crippen LogP contribution in [-0.2, 0) is 9.53 Å². The third-order valence-corrected chi connectivity index (χ3v) is 4.10. The quantitative estimate of drug-likeness (QED) is 0.795. The van der Waals surface area contributed by atoms with E-state index >= 15 is 0 Å². The molecule has 114 valence electrons. The molecule has 2 aliphatic rings. The van der Waals surface area contributed by atoms with Gasteiger partial charge < -0.3 is 9.64 Å². The maximum absolute atomic E-state index is 12.4. The van der Waals surface area contributed by atoms with E-state index in [1.807, 2.05) is 25.7 Å². The van der Waals surface area contributed by atoms with Crippen molar-refractivity contribution in [3.63, 3.8) is 0 Å². The monoisotopic (exact) mass is 281 g/mol. The summed E-state index contributed by atoms with van der Waals surface area (Å²) in [6.07, 6.45) is 5.31. The zero-order valence-corrected chi connectivity index (χ0v) is 13.1. The van der Waals surface area contributed by atoms with E-state index in [1.54, 1.807) is 0 Å². The normalized spacial score (nSPS) is 27.3. The number of ketones is 1. The van der Waals surface area contributed by atoms with Crippen molar-refractivity contribution in [3.8, 4) is 0 Å². The number of carbonyl (C=O) groups is 2. The lowest BCUT2D eigenvalue weighted by Gasteiger charge is -2.41. The number of amides is 1.